The molecule has 0 spiro atoms. The van der Waals surface area contributed by atoms with Crippen LogP contribution in [0.3, 0.4) is 0 Å². The number of aliphatic hydroxyl groups excluding tert-OH is 1. The first-order valence-corrected chi connectivity index (χ1v) is 6.70. The van der Waals surface area contributed by atoms with E-state index in [9.17, 15) is 18.0 Å². The van der Waals surface area contributed by atoms with Crippen molar-refractivity contribution in [3.05, 3.63) is 21.9 Å². The molecule has 1 atom stereocenters. The van der Waals surface area contributed by atoms with Crippen LogP contribution in [0, 0.1) is 11.8 Å². The summed E-state index contributed by atoms with van der Waals surface area (Å²) >= 11 is 1.10. The maximum absolute atomic E-state index is 12.1. The molecule has 0 aliphatic heterocycles. The number of nitrogens with one attached hydrogen (secondary N) is 1. The lowest BCUT2D eigenvalue weighted by Crippen LogP contribution is -2.35. The lowest BCUT2D eigenvalue weighted by molar-refractivity contribution is -0.138. The van der Waals surface area contributed by atoms with Crippen LogP contribution in [0.15, 0.2) is 12.1 Å². The molecule has 1 aromatic rings. The molecule has 0 aliphatic rings. The van der Waals surface area contributed by atoms with Gasteiger partial charge in [0, 0.05) is 12.5 Å². The van der Waals surface area contributed by atoms with Crippen LogP contribution in [0.5, 0.6) is 0 Å². The summed E-state index contributed by atoms with van der Waals surface area (Å²) in [6, 6.07) is 2.16. The number of alkyl halides is 3. The summed E-state index contributed by atoms with van der Waals surface area (Å²) in [7, 11) is 0. The molecule has 0 saturated heterocycles. The van der Waals surface area contributed by atoms with Crippen LogP contribution in [-0.4, -0.2) is 29.8 Å². The highest BCUT2D eigenvalue weighted by Gasteiger charge is 2.30. The molecule has 1 amide bonds. The van der Waals surface area contributed by atoms with Gasteiger partial charge >= 0.3 is 6.18 Å². The van der Waals surface area contributed by atoms with Crippen LogP contribution in [-0.2, 0) is 0 Å². The van der Waals surface area contributed by atoms with E-state index in [0.717, 1.165) is 11.3 Å². The molecule has 1 aromatic heterocycles. The molecule has 110 valence electrons. The van der Waals surface area contributed by atoms with Crippen LogP contribution >= 0.6 is 11.3 Å². The van der Waals surface area contributed by atoms with Gasteiger partial charge in [-0.3, -0.25) is 4.79 Å². The van der Waals surface area contributed by atoms with Crippen LogP contribution in [0.1, 0.15) is 34.3 Å². The average Bonchev–Trinajstić information content (AvgIpc) is 2.75. The summed E-state index contributed by atoms with van der Waals surface area (Å²) in [5, 5.41) is 10.9. The standard InChI is InChI=1S/C13H14F3NO2S/c1-9(8-13(14,15)16)17-12(19)11-6-5-10(20-11)4-2-3-7-18/h5-6,9,18H,3,7-8H2,1H3,(H,17,19). The number of hydrogen-bond acceptors (Lipinski definition) is 3. The monoisotopic (exact) mass is 305 g/mol. The van der Waals surface area contributed by atoms with Crippen molar-refractivity contribution in [3.63, 3.8) is 0 Å². The summed E-state index contributed by atoms with van der Waals surface area (Å²) in [5.74, 6) is 4.93. The van der Waals surface area contributed by atoms with Crippen LogP contribution in [0.4, 0.5) is 13.2 Å². The highest BCUT2D eigenvalue weighted by Crippen LogP contribution is 2.22. The smallest absolute Gasteiger partial charge is 0.391 e. The molecule has 20 heavy (non-hydrogen) atoms. The van der Waals surface area contributed by atoms with Gasteiger partial charge in [-0.25, -0.2) is 0 Å². The van der Waals surface area contributed by atoms with Gasteiger partial charge in [-0.1, -0.05) is 11.8 Å². The minimum Gasteiger partial charge on any atom is -0.395 e. The van der Waals surface area contributed by atoms with E-state index >= 15 is 0 Å². The molecular weight excluding hydrogens is 291 g/mol. The molecular formula is C13H14F3NO2S. The van der Waals surface area contributed by atoms with Crippen LogP contribution < -0.4 is 5.32 Å². The van der Waals surface area contributed by atoms with Crippen LogP contribution in [0.2, 0.25) is 0 Å². The summed E-state index contributed by atoms with van der Waals surface area (Å²) < 4.78 is 36.4. The quantitative estimate of drug-likeness (QED) is 0.840. The second-order valence-corrected chi connectivity index (χ2v) is 5.22. The van der Waals surface area contributed by atoms with Gasteiger partial charge in [-0.15, -0.1) is 11.3 Å². The Morgan fingerprint density at radius 2 is 2.20 bits per heavy atom. The van der Waals surface area contributed by atoms with Gasteiger partial charge in [0.1, 0.15) is 0 Å². The van der Waals surface area contributed by atoms with Gasteiger partial charge in [0.15, 0.2) is 0 Å². The zero-order valence-electron chi connectivity index (χ0n) is 10.8. The van der Waals surface area contributed by atoms with E-state index in [4.69, 9.17) is 5.11 Å². The molecule has 7 heteroatoms. The Kier molecular flexibility index (Phi) is 6.05. The SMILES string of the molecule is CC(CC(F)(F)F)NC(=O)c1ccc(C#CCCO)s1. The Balaban J connectivity index is 2.59. The third-order valence-electron chi connectivity index (χ3n) is 2.19. The molecule has 1 rings (SSSR count). The molecule has 1 unspecified atom stereocenters. The van der Waals surface area contributed by atoms with E-state index in [0.29, 0.717) is 16.2 Å². The average molecular weight is 305 g/mol. The van der Waals surface area contributed by atoms with Gasteiger partial charge in [-0.2, -0.15) is 13.2 Å². The number of aliphatic hydroxyl groups is 1. The normalized spacial score (nSPS) is 12.4. The van der Waals surface area contributed by atoms with E-state index < -0.39 is 24.5 Å². The van der Waals surface area contributed by atoms with Gasteiger partial charge in [0.2, 0.25) is 0 Å². The molecule has 1 heterocycles. The number of halogens is 3. The number of carbonyl (C=O) groups excluding carboxylic acids is 1. The van der Waals surface area contributed by atoms with Gasteiger partial charge < -0.3 is 10.4 Å². The fraction of sp³-hybridized carbons (Fsp3) is 0.462. The molecule has 0 aromatic carbocycles. The summed E-state index contributed by atoms with van der Waals surface area (Å²) in [6.45, 7) is 1.27. The number of hydrogen-bond donors (Lipinski definition) is 2. The highest BCUT2D eigenvalue weighted by molar-refractivity contribution is 7.14. The van der Waals surface area contributed by atoms with Crippen molar-refractivity contribution in [3.8, 4) is 11.8 Å². The van der Waals surface area contributed by atoms with E-state index in [2.05, 4.69) is 17.2 Å². The number of amides is 1. The Morgan fingerprint density at radius 1 is 1.50 bits per heavy atom. The minimum atomic E-state index is -4.30. The Hall–Kier alpha value is -1.52. The van der Waals surface area contributed by atoms with Crippen molar-refractivity contribution in [1.29, 1.82) is 0 Å². The first-order valence-electron chi connectivity index (χ1n) is 5.89. The first-order chi connectivity index (χ1) is 9.31. The Bertz CT molecular complexity index is 514. The van der Waals surface area contributed by atoms with Crippen molar-refractivity contribution in [2.24, 2.45) is 0 Å². The maximum Gasteiger partial charge on any atom is 0.391 e. The number of rotatable bonds is 4. The molecule has 0 saturated carbocycles. The fourth-order valence-corrected chi connectivity index (χ4v) is 2.21. The van der Waals surface area contributed by atoms with Gasteiger partial charge in [0.05, 0.1) is 22.8 Å². The zero-order chi connectivity index (χ0) is 15.2. The lowest BCUT2D eigenvalue weighted by Gasteiger charge is -2.15. The second kappa shape index (κ2) is 7.31. The zero-order valence-corrected chi connectivity index (χ0v) is 11.6. The Labute approximate surface area is 118 Å². The molecule has 3 nitrogen and oxygen atoms in total. The second-order valence-electron chi connectivity index (χ2n) is 4.13. The van der Waals surface area contributed by atoms with Crippen LogP contribution in [0.25, 0.3) is 0 Å². The first kappa shape index (κ1) is 16.5. The number of carbonyl (C=O) groups is 1. The van der Waals surface area contributed by atoms with Crippen molar-refractivity contribution >= 4 is 17.2 Å². The summed E-state index contributed by atoms with van der Waals surface area (Å²) in [5.41, 5.74) is 0. The molecule has 0 bridgehead atoms. The third-order valence-corrected chi connectivity index (χ3v) is 3.19. The fourth-order valence-electron chi connectivity index (χ4n) is 1.43. The van der Waals surface area contributed by atoms with E-state index in [-0.39, 0.29) is 6.61 Å². The summed E-state index contributed by atoms with van der Waals surface area (Å²) in [6.07, 6.45) is -5.03. The van der Waals surface area contributed by atoms with E-state index in [1.807, 2.05) is 0 Å². The predicted octanol–water partition coefficient (Wildman–Crippen LogP) is 2.55. The summed E-state index contributed by atoms with van der Waals surface area (Å²) in [4.78, 5) is 12.7. The Morgan fingerprint density at radius 3 is 2.80 bits per heavy atom. The highest BCUT2D eigenvalue weighted by atomic mass is 32.1. The van der Waals surface area contributed by atoms with Gasteiger partial charge in [-0.05, 0) is 19.1 Å². The van der Waals surface area contributed by atoms with Crippen molar-refractivity contribution < 1.29 is 23.1 Å². The third kappa shape index (κ3) is 6.08. The van der Waals surface area contributed by atoms with Crippen molar-refractivity contribution in [2.75, 3.05) is 6.61 Å². The minimum absolute atomic E-state index is 0.0410. The predicted molar refractivity (Wildman–Crippen MR) is 70.5 cm³/mol. The molecule has 2 N–H and O–H groups in total. The number of thiophene rings is 1. The van der Waals surface area contributed by atoms with E-state index in [1.54, 1.807) is 6.07 Å². The lowest BCUT2D eigenvalue weighted by atomic mass is 10.2. The largest absolute Gasteiger partial charge is 0.395 e. The van der Waals surface area contributed by atoms with Gasteiger partial charge in [0.25, 0.3) is 5.91 Å². The van der Waals surface area contributed by atoms with Crippen molar-refractivity contribution in [1.82, 2.24) is 5.32 Å². The molecule has 0 radical (unpaired) electrons. The van der Waals surface area contributed by atoms with E-state index in [1.165, 1.54) is 13.0 Å². The van der Waals surface area contributed by atoms with Crippen molar-refractivity contribution in [2.45, 2.75) is 32.0 Å². The topological polar surface area (TPSA) is 49.3 Å². The molecule has 0 aliphatic carbocycles. The molecule has 0 fully saturated rings. The maximum atomic E-state index is 12.1.